The molecule has 0 radical (unpaired) electrons. The second kappa shape index (κ2) is 14.5. The predicted molar refractivity (Wildman–Crippen MR) is 165 cm³/mol. The number of anilines is 1. The maximum absolute atomic E-state index is 14.1. The topological polar surface area (TPSA) is 96.0 Å². The molecule has 0 saturated carbocycles. The van der Waals surface area contributed by atoms with Gasteiger partial charge in [0.05, 0.1) is 17.7 Å². The summed E-state index contributed by atoms with van der Waals surface area (Å²) in [5.74, 6) is 0.124. The molecule has 3 rings (SSSR count). The maximum Gasteiger partial charge on any atom is 0.264 e. The number of sulfonamides is 1. The van der Waals surface area contributed by atoms with Crippen LogP contribution in [0.3, 0.4) is 0 Å². The number of nitrogens with zero attached hydrogens (tertiary/aromatic N) is 2. The van der Waals surface area contributed by atoms with E-state index in [0.717, 1.165) is 19.9 Å². The molecule has 0 heterocycles. The van der Waals surface area contributed by atoms with Crippen molar-refractivity contribution in [1.82, 2.24) is 10.2 Å². The molecular formula is C31H38BrN3O5S. The smallest absolute Gasteiger partial charge is 0.264 e. The van der Waals surface area contributed by atoms with Crippen LogP contribution in [0.1, 0.15) is 38.3 Å². The highest BCUT2D eigenvalue weighted by Crippen LogP contribution is 2.27. The first-order chi connectivity index (χ1) is 19.5. The second-order valence-corrected chi connectivity index (χ2v) is 13.0. The SMILES string of the molecule is CC[C@H](C(=O)NCC(C)C)N(Cc1ccc(OC)cc1)C(=O)CN(c1ccc(Br)cc1)S(=O)(=O)c1ccc(C)cc1. The lowest BCUT2D eigenvalue weighted by atomic mass is 10.1. The highest BCUT2D eigenvalue weighted by Gasteiger charge is 2.33. The number of carbonyl (C=O) groups is 2. The van der Waals surface area contributed by atoms with E-state index in [9.17, 15) is 18.0 Å². The molecule has 0 aliphatic carbocycles. The van der Waals surface area contributed by atoms with E-state index in [2.05, 4.69) is 21.2 Å². The molecule has 0 fully saturated rings. The van der Waals surface area contributed by atoms with Crippen LogP contribution in [-0.4, -0.2) is 51.4 Å². The van der Waals surface area contributed by atoms with E-state index >= 15 is 0 Å². The summed E-state index contributed by atoms with van der Waals surface area (Å²) in [6.45, 7) is 7.80. The number of amides is 2. The van der Waals surface area contributed by atoms with E-state index in [1.165, 1.54) is 17.0 Å². The van der Waals surface area contributed by atoms with E-state index < -0.39 is 28.5 Å². The largest absolute Gasteiger partial charge is 0.497 e. The lowest BCUT2D eigenvalue weighted by Gasteiger charge is -2.33. The molecule has 0 saturated heterocycles. The summed E-state index contributed by atoms with van der Waals surface area (Å²) in [4.78, 5) is 28.9. The molecule has 41 heavy (non-hydrogen) atoms. The van der Waals surface area contributed by atoms with E-state index in [1.54, 1.807) is 55.6 Å². The molecule has 220 valence electrons. The summed E-state index contributed by atoms with van der Waals surface area (Å²) in [6, 6.07) is 19.7. The highest BCUT2D eigenvalue weighted by atomic mass is 79.9. The van der Waals surface area contributed by atoms with Gasteiger partial charge in [-0.05, 0) is 73.4 Å². The van der Waals surface area contributed by atoms with Crippen LogP contribution in [0.25, 0.3) is 0 Å². The Morgan fingerprint density at radius 2 is 1.56 bits per heavy atom. The Balaban J connectivity index is 2.03. The minimum Gasteiger partial charge on any atom is -0.497 e. The predicted octanol–water partition coefficient (Wildman–Crippen LogP) is 5.54. The summed E-state index contributed by atoms with van der Waals surface area (Å²) in [5, 5.41) is 2.94. The Labute approximate surface area is 251 Å². The molecule has 1 N–H and O–H groups in total. The van der Waals surface area contributed by atoms with Gasteiger partial charge in [0.2, 0.25) is 11.8 Å². The zero-order chi connectivity index (χ0) is 30.2. The van der Waals surface area contributed by atoms with E-state index in [4.69, 9.17) is 4.74 Å². The second-order valence-electron chi connectivity index (χ2n) is 10.2. The number of carbonyl (C=O) groups excluding carboxylic acids is 2. The molecule has 0 unspecified atom stereocenters. The number of hydrogen-bond acceptors (Lipinski definition) is 5. The normalized spacial score (nSPS) is 12.1. The average Bonchev–Trinajstić information content (AvgIpc) is 2.95. The molecule has 10 heteroatoms. The van der Waals surface area contributed by atoms with E-state index in [-0.39, 0.29) is 23.3 Å². The van der Waals surface area contributed by atoms with Crippen molar-refractivity contribution >= 4 is 43.5 Å². The molecule has 1 atom stereocenters. The average molecular weight is 645 g/mol. The van der Waals surface area contributed by atoms with Gasteiger partial charge in [0.1, 0.15) is 18.3 Å². The molecule has 3 aromatic rings. The van der Waals surface area contributed by atoms with Crippen molar-refractivity contribution in [3.63, 3.8) is 0 Å². The number of halogens is 1. The Bertz CT molecular complexity index is 1410. The fourth-order valence-electron chi connectivity index (χ4n) is 4.24. The number of ether oxygens (including phenoxy) is 1. The molecular weight excluding hydrogens is 606 g/mol. The van der Waals surface area contributed by atoms with Gasteiger partial charge >= 0.3 is 0 Å². The monoisotopic (exact) mass is 643 g/mol. The highest BCUT2D eigenvalue weighted by molar-refractivity contribution is 9.10. The van der Waals surface area contributed by atoms with Crippen molar-refractivity contribution in [3.05, 3.63) is 88.4 Å². The number of hydrogen-bond donors (Lipinski definition) is 1. The zero-order valence-electron chi connectivity index (χ0n) is 24.1. The molecule has 3 aromatic carbocycles. The Morgan fingerprint density at radius 3 is 2.10 bits per heavy atom. The molecule has 0 bridgehead atoms. The minimum absolute atomic E-state index is 0.0715. The molecule has 2 amide bonds. The Hall–Kier alpha value is -3.37. The van der Waals surface area contributed by atoms with Gasteiger partial charge in [0.15, 0.2) is 0 Å². The lowest BCUT2D eigenvalue weighted by Crippen LogP contribution is -2.52. The Kier molecular flexibility index (Phi) is 11.4. The van der Waals surface area contributed by atoms with Gasteiger partial charge in [-0.1, -0.05) is 66.5 Å². The summed E-state index contributed by atoms with van der Waals surface area (Å²) >= 11 is 3.39. The van der Waals surface area contributed by atoms with Crippen LogP contribution in [0.15, 0.2) is 82.2 Å². The van der Waals surface area contributed by atoms with Gasteiger partial charge in [-0.2, -0.15) is 0 Å². The van der Waals surface area contributed by atoms with Crippen molar-refractivity contribution in [2.75, 3.05) is 24.5 Å². The maximum atomic E-state index is 14.1. The summed E-state index contributed by atoms with van der Waals surface area (Å²) in [5.41, 5.74) is 2.04. The first kappa shape index (κ1) is 32.1. The van der Waals surface area contributed by atoms with Crippen LogP contribution in [0.2, 0.25) is 0 Å². The van der Waals surface area contributed by atoms with Crippen LogP contribution in [0, 0.1) is 12.8 Å². The number of nitrogens with one attached hydrogen (secondary N) is 1. The first-order valence-electron chi connectivity index (χ1n) is 13.5. The number of rotatable bonds is 13. The van der Waals surface area contributed by atoms with Gasteiger partial charge < -0.3 is 15.0 Å². The minimum atomic E-state index is -4.11. The quantitative estimate of drug-likeness (QED) is 0.264. The first-order valence-corrected chi connectivity index (χ1v) is 15.7. The van der Waals surface area contributed by atoms with E-state index in [1.807, 2.05) is 39.8 Å². The van der Waals surface area contributed by atoms with Gasteiger partial charge in [-0.3, -0.25) is 13.9 Å². The van der Waals surface area contributed by atoms with Crippen molar-refractivity contribution < 1.29 is 22.7 Å². The van der Waals surface area contributed by atoms with Crippen LogP contribution in [-0.2, 0) is 26.2 Å². The third kappa shape index (κ3) is 8.56. The lowest BCUT2D eigenvalue weighted by molar-refractivity contribution is -0.140. The molecule has 0 aromatic heterocycles. The standard InChI is InChI=1S/C31H38BrN3O5S/c1-6-29(31(37)33-19-22(2)3)34(20-24-9-15-27(40-5)16-10-24)30(36)21-35(26-13-11-25(32)12-14-26)41(38,39)28-17-7-23(4)8-18-28/h7-18,22,29H,6,19-21H2,1-5H3,(H,33,37)/t29-/m1/s1. The van der Waals surface area contributed by atoms with Gasteiger partial charge in [-0.15, -0.1) is 0 Å². The van der Waals surface area contributed by atoms with Crippen LogP contribution in [0.5, 0.6) is 5.75 Å². The van der Waals surface area contributed by atoms with Crippen LogP contribution in [0.4, 0.5) is 5.69 Å². The molecule has 0 spiro atoms. The summed E-state index contributed by atoms with van der Waals surface area (Å²) in [6.07, 6.45) is 0.356. The van der Waals surface area contributed by atoms with Crippen molar-refractivity contribution in [3.8, 4) is 5.75 Å². The zero-order valence-corrected chi connectivity index (χ0v) is 26.5. The number of methoxy groups -OCH3 is 1. The number of benzene rings is 3. The third-order valence-corrected chi connectivity index (χ3v) is 8.90. The van der Waals surface area contributed by atoms with Gasteiger partial charge in [-0.25, -0.2) is 8.42 Å². The van der Waals surface area contributed by atoms with Crippen molar-refractivity contribution in [1.29, 1.82) is 0 Å². The van der Waals surface area contributed by atoms with Crippen molar-refractivity contribution in [2.45, 2.75) is 51.6 Å². The summed E-state index contributed by atoms with van der Waals surface area (Å²) < 4.78 is 35.0. The number of aryl methyl sites for hydroxylation is 1. The fraction of sp³-hybridized carbons (Fsp3) is 0.355. The fourth-order valence-corrected chi connectivity index (χ4v) is 5.92. The molecule has 8 nitrogen and oxygen atoms in total. The third-order valence-electron chi connectivity index (χ3n) is 6.58. The Morgan fingerprint density at radius 1 is 0.951 bits per heavy atom. The van der Waals surface area contributed by atoms with Crippen LogP contribution < -0.4 is 14.4 Å². The molecule has 0 aliphatic rings. The summed E-state index contributed by atoms with van der Waals surface area (Å²) in [7, 11) is -2.54. The molecule has 0 aliphatic heterocycles. The van der Waals surface area contributed by atoms with Gasteiger partial charge in [0.25, 0.3) is 10.0 Å². The van der Waals surface area contributed by atoms with E-state index in [0.29, 0.717) is 24.4 Å². The van der Waals surface area contributed by atoms with Crippen LogP contribution >= 0.6 is 15.9 Å². The van der Waals surface area contributed by atoms with Crippen molar-refractivity contribution in [2.24, 2.45) is 5.92 Å². The van der Waals surface area contributed by atoms with Gasteiger partial charge in [0, 0.05) is 17.6 Å².